The molecular weight excluding hydrogens is 438 g/mol. The Morgan fingerprint density at radius 1 is 1.12 bits per heavy atom. The largest absolute Gasteiger partial charge is 0.469 e. The monoisotopic (exact) mass is 457 g/mol. The molecule has 0 bridgehead atoms. The summed E-state index contributed by atoms with van der Waals surface area (Å²) in [5.74, 6) is 0.255. The standard InChI is InChI=1S/C21H20ClN5O5/c1-32-16(28)11-15-14-3-2-8-24-9-10-25(18(14)24)19(29)17(15)27-21(31)26(20(30)23-27)13-6-4-12(22)5-7-13/h4-7H,2-3,8-11H2,1H3,(H,23,30). The number of aromatic amines is 1. The van der Waals surface area contributed by atoms with Gasteiger partial charge in [0.1, 0.15) is 11.5 Å². The number of nitrogens with zero attached hydrogens (tertiary/aromatic N) is 4. The van der Waals surface area contributed by atoms with Crippen molar-refractivity contribution in [3.05, 3.63) is 71.7 Å². The van der Waals surface area contributed by atoms with E-state index >= 15 is 0 Å². The number of esters is 1. The van der Waals surface area contributed by atoms with Gasteiger partial charge in [-0.2, -0.15) is 4.68 Å². The van der Waals surface area contributed by atoms with E-state index in [0.717, 1.165) is 33.6 Å². The Morgan fingerprint density at radius 3 is 2.59 bits per heavy atom. The summed E-state index contributed by atoms with van der Waals surface area (Å²) in [5, 5.41) is 2.94. The molecule has 32 heavy (non-hydrogen) atoms. The van der Waals surface area contributed by atoms with Crippen LogP contribution in [0.15, 0.2) is 38.6 Å². The minimum absolute atomic E-state index is 0.0206. The highest BCUT2D eigenvalue weighted by Crippen LogP contribution is 2.34. The molecule has 10 nitrogen and oxygen atoms in total. The maximum atomic E-state index is 13.5. The Labute approximate surface area is 186 Å². The molecule has 0 radical (unpaired) electrons. The van der Waals surface area contributed by atoms with Crippen LogP contribution in [0.2, 0.25) is 5.02 Å². The van der Waals surface area contributed by atoms with Gasteiger partial charge in [0.25, 0.3) is 5.56 Å². The summed E-state index contributed by atoms with van der Waals surface area (Å²) in [6, 6.07) is 6.20. The van der Waals surface area contributed by atoms with E-state index in [2.05, 4.69) is 10.00 Å². The van der Waals surface area contributed by atoms with Crippen LogP contribution in [0.25, 0.3) is 11.4 Å². The highest BCUT2D eigenvalue weighted by molar-refractivity contribution is 6.30. The number of rotatable bonds is 4. The quantitative estimate of drug-likeness (QED) is 0.575. The number of hydrogen-bond acceptors (Lipinski definition) is 6. The molecule has 0 spiro atoms. The lowest BCUT2D eigenvalue weighted by atomic mass is 9.96. The van der Waals surface area contributed by atoms with Gasteiger partial charge in [-0.05, 0) is 42.7 Å². The normalized spacial score (nSPS) is 14.5. The third-order valence-corrected chi connectivity index (χ3v) is 6.27. The number of carbonyl (C=O) groups is 1. The van der Waals surface area contributed by atoms with Crippen molar-refractivity contribution in [2.45, 2.75) is 25.8 Å². The maximum Gasteiger partial charge on any atom is 0.356 e. The first-order chi connectivity index (χ1) is 15.4. The van der Waals surface area contributed by atoms with Crippen LogP contribution in [0.1, 0.15) is 17.5 Å². The summed E-state index contributed by atoms with van der Waals surface area (Å²) in [6.07, 6.45) is 1.33. The van der Waals surface area contributed by atoms with Crippen LogP contribution in [0.4, 0.5) is 5.82 Å². The average Bonchev–Trinajstić information content (AvgIpc) is 3.34. The van der Waals surface area contributed by atoms with Gasteiger partial charge in [-0.3, -0.25) is 14.2 Å². The lowest BCUT2D eigenvalue weighted by Gasteiger charge is -2.28. The molecule has 2 aliphatic rings. The lowest BCUT2D eigenvalue weighted by Crippen LogP contribution is -2.35. The number of H-pyrrole nitrogens is 1. The van der Waals surface area contributed by atoms with E-state index < -0.39 is 22.9 Å². The van der Waals surface area contributed by atoms with E-state index in [9.17, 15) is 19.2 Å². The first kappa shape index (κ1) is 20.4. The summed E-state index contributed by atoms with van der Waals surface area (Å²) >= 11 is 5.92. The summed E-state index contributed by atoms with van der Waals surface area (Å²) < 4.78 is 8.34. The van der Waals surface area contributed by atoms with Crippen LogP contribution < -0.4 is 21.8 Å². The molecule has 2 aliphatic heterocycles. The van der Waals surface area contributed by atoms with Crippen molar-refractivity contribution in [1.82, 2.24) is 18.9 Å². The van der Waals surface area contributed by atoms with Gasteiger partial charge in [0, 0.05) is 30.2 Å². The minimum atomic E-state index is -0.737. The topological polar surface area (TPSA) is 111 Å². The van der Waals surface area contributed by atoms with Crippen LogP contribution in [0, 0.1) is 0 Å². The number of anilines is 1. The van der Waals surface area contributed by atoms with Gasteiger partial charge >= 0.3 is 17.3 Å². The number of hydrogen-bond donors (Lipinski definition) is 1. The first-order valence-corrected chi connectivity index (χ1v) is 10.6. The number of pyridine rings is 1. The van der Waals surface area contributed by atoms with Crippen molar-refractivity contribution in [2.75, 3.05) is 25.1 Å². The second-order valence-corrected chi connectivity index (χ2v) is 8.21. The Kier molecular flexibility index (Phi) is 4.81. The molecule has 1 N–H and O–H groups in total. The number of halogens is 1. The molecular formula is C21H20ClN5O5. The van der Waals surface area contributed by atoms with Crippen molar-refractivity contribution < 1.29 is 9.53 Å². The number of methoxy groups -OCH3 is 1. The van der Waals surface area contributed by atoms with Crippen molar-refractivity contribution >= 4 is 23.4 Å². The molecule has 0 saturated carbocycles. The van der Waals surface area contributed by atoms with E-state index in [1.165, 1.54) is 19.2 Å². The first-order valence-electron chi connectivity index (χ1n) is 10.2. The Hall–Kier alpha value is -3.53. The fourth-order valence-corrected chi connectivity index (χ4v) is 4.73. The van der Waals surface area contributed by atoms with Gasteiger partial charge in [0.15, 0.2) is 0 Å². The van der Waals surface area contributed by atoms with Crippen LogP contribution in [0.3, 0.4) is 0 Å². The second kappa shape index (κ2) is 7.56. The van der Waals surface area contributed by atoms with Gasteiger partial charge in [-0.15, -0.1) is 0 Å². The van der Waals surface area contributed by atoms with Gasteiger partial charge in [0.05, 0.1) is 19.2 Å². The van der Waals surface area contributed by atoms with E-state index in [-0.39, 0.29) is 12.1 Å². The summed E-state index contributed by atoms with van der Waals surface area (Å²) in [5.41, 5.74) is -0.346. The Morgan fingerprint density at radius 2 is 1.88 bits per heavy atom. The fourth-order valence-electron chi connectivity index (χ4n) is 4.60. The summed E-state index contributed by atoms with van der Waals surface area (Å²) in [6.45, 7) is 1.98. The van der Waals surface area contributed by atoms with E-state index in [0.29, 0.717) is 35.8 Å². The molecule has 0 fully saturated rings. The molecule has 4 heterocycles. The predicted molar refractivity (Wildman–Crippen MR) is 118 cm³/mol. The van der Waals surface area contributed by atoms with Crippen molar-refractivity contribution in [2.24, 2.45) is 0 Å². The lowest BCUT2D eigenvalue weighted by molar-refractivity contribution is -0.139. The SMILES string of the molecule is COC(=O)Cc1c2c3n(c(=O)c1-n1[nH]c(=O)n(-c4ccc(Cl)cc4)c1=O)CCN3CCC2. The third kappa shape index (κ3) is 3.01. The Bertz CT molecular complexity index is 1410. The molecule has 5 rings (SSSR count). The van der Waals surface area contributed by atoms with E-state index in [1.807, 2.05) is 0 Å². The zero-order valence-corrected chi connectivity index (χ0v) is 18.0. The molecule has 3 aromatic rings. The number of carbonyl (C=O) groups excluding carboxylic acids is 1. The second-order valence-electron chi connectivity index (χ2n) is 7.78. The molecule has 0 atom stereocenters. The number of benzene rings is 1. The number of ether oxygens (including phenoxy) is 1. The molecule has 0 unspecified atom stereocenters. The Balaban J connectivity index is 1.80. The van der Waals surface area contributed by atoms with Crippen LogP contribution >= 0.6 is 11.6 Å². The smallest absolute Gasteiger partial charge is 0.356 e. The van der Waals surface area contributed by atoms with Crippen molar-refractivity contribution in [1.29, 1.82) is 0 Å². The van der Waals surface area contributed by atoms with Gasteiger partial charge in [0.2, 0.25) is 0 Å². The molecule has 0 aliphatic carbocycles. The minimum Gasteiger partial charge on any atom is -0.469 e. The third-order valence-electron chi connectivity index (χ3n) is 6.02. The van der Waals surface area contributed by atoms with Crippen LogP contribution in [-0.4, -0.2) is 45.1 Å². The van der Waals surface area contributed by atoms with Crippen molar-refractivity contribution in [3.8, 4) is 11.4 Å². The molecule has 0 amide bonds. The molecule has 2 aromatic heterocycles. The zero-order chi connectivity index (χ0) is 22.6. The van der Waals surface area contributed by atoms with Gasteiger partial charge < -0.3 is 9.64 Å². The van der Waals surface area contributed by atoms with E-state index in [1.54, 1.807) is 16.7 Å². The molecule has 166 valence electrons. The highest BCUT2D eigenvalue weighted by Gasteiger charge is 2.33. The maximum absolute atomic E-state index is 13.5. The van der Waals surface area contributed by atoms with Crippen LogP contribution in [-0.2, 0) is 28.9 Å². The van der Waals surface area contributed by atoms with Crippen LogP contribution in [0.5, 0.6) is 0 Å². The summed E-state index contributed by atoms with van der Waals surface area (Å²) in [4.78, 5) is 53.9. The van der Waals surface area contributed by atoms with Gasteiger partial charge in [-0.25, -0.2) is 19.3 Å². The van der Waals surface area contributed by atoms with E-state index in [4.69, 9.17) is 16.3 Å². The number of nitrogens with one attached hydrogen (secondary N) is 1. The molecule has 1 aromatic carbocycles. The highest BCUT2D eigenvalue weighted by atomic mass is 35.5. The molecule has 0 saturated heterocycles. The fraction of sp³-hybridized carbons (Fsp3) is 0.333. The average molecular weight is 458 g/mol. The molecule has 11 heteroatoms. The predicted octanol–water partition coefficient (Wildman–Crippen LogP) is 0.613. The summed E-state index contributed by atoms with van der Waals surface area (Å²) in [7, 11) is 1.27. The van der Waals surface area contributed by atoms with Gasteiger partial charge in [-0.1, -0.05) is 11.6 Å². The van der Waals surface area contributed by atoms with Crippen molar-refractivity contribution in [3.63, 3.8) is 0 Å². The zero-order valence-electron chi connectivity index (χ0n) is 17.3. The number of aromatic nitrogens is 4.